The number of nitrogens with one attached hydrogen (secondary N) is 1. The van der Waals surface area contributed by atoms with E-state index in [1.54, 1.807) is 43.3 Å². The van der Waals surface area contributed by atoms with E-state index < -0.39 is 11.9 Å². The van der Waals surface area contributed by atoms with Gasteiger partial charge >= 0.3 is 0 Å². The molecule has 0 radical (unpaired) electrons. The number of rotatable bonds is 7. The number of halogens is 2. The fourth-order valence-corrected chi connectivity index (χ4v) is 3.89. The molecular formula is C23H26ClFN2O2. The number of hydrogen-bond donors (Lipinski definition) is 1. The Balaban J connectivity index is 1.80. The molecule has 0 unspecified atom stereocenters. The zero-order valence-corrected chi connectivity index (χ0v) is 17.3. The molecule has 1 fully saturated rings. The Hall–Kier alpha value is -2.40. The minimum Gasteiger partial charge on any atom is -0.352 e. The van der Waals surface area contributed by atoms with Crippen LogP contribution in [-0.2, 0) is 22.6 Å². The van der Waals surface area contributed by atoms with Gasteiger partial charge in [-0.2, -0.15) is 0 Å². The third kappa shape index (κ3) is 5.57. The molecule has 1 aliphatic carbocycles. The van der Waals surface area contributed by atoms with E-state index in [2.05, 4.69) is 5.32 Å². The highest BCUT2D eigenvalue weighted by Gasteiger charge is 2.29. The molecule has 4 nitrogen and oxygen atoms in total. The van der Waals surface area contributed by atoms with Crippen LogP contribution in [0.3, 0.4) is 0 Å². The number of benzene rings is 2. The van der Waals surface area contributed by atoms with Gasteiger partial charge in [0.25, 0.3) is 0 Å². The van der Waals surface area contributed by atoms with Gasteiger partial charge in [0.05, 0.1) is 6.42 Å². The third-order valence-electron chi connectivity index (χ3n) is 5.47. The van der Waals surface area contributed by atoms with Crippen molar-refractivity contribution in [3.63, 3.8) is 0 Å². The van der Waals surface area contributed by atoms with Gasteiger partial charge in [0.2, 0.25) is 11.8 Å². The van der Waals surface area contributed by atoms with Crippen molar-refractivity contribution >= 4 is 23.4 Å². The summed E-state index contributed by atoms with van der Waals surface area (Å²) in [6, 6.07) is 12.9. The monoisotopic (exact) mass is 416 g/mol. The Morgan fingerprint density at radius 3 is 2.38 bits per heavy atom. The van der Waals surface area contributed by atoms with E-state index >= 15 is 0 Å². The average molecular weight is 417 g/mol. The van der Waals surface area contributed by atoms with E-state index in [0.717, 1.165) is 25.7 Å². The summed E-state index contributed by atoms with van der Waals surface area (Å²) in [5, 5.41) is 3.53. The zero-order valence-electron chi connectivity index (χ0n) is 16.5. The Kier molecular flexibility index (Phi) is 7.26. The molecule has 154 valence electrons. The van der Waals surface area contributed by atoms with Crippen LogP contribution in [0.25, 0.3) is 0 Å². The van der Waals surface area contributed by atoms with Gasteiger partial charge < -0.3 is 10.2 Å². The molecule has 29 heavy (non-hydrogen) atoms. The molecule has 0 bridgehead atoms. The predicted octanol–water partition coefficient (Wildman–Crippen LogP) is 4.50. The van der Waals surface area contributed by atoms with Crippen LogP contribution in [0.4, 0.5) is 4.39 Å². The van der Waals surface area contributed by atoms with E-state index in [1.165, 1.54) is 11.0 Å². The van der Waals surface area contributed by atoms with E-state index in [-0.39, 0.29) is 30.8 Å². The second-order valence-corrected chi connectivity index (χ2v) is 7.95. The lowest BCUT2D eigenvalue weighted by Gasteiger charge is -2.30. The summed E-state index contributed by atoms with van der Waals surface area (Å²) < 4.78 is 14.2. The molecule has 0 heterocycles. The number of carbonyl (C=O) groups is 2. The normalized spacial score (nSPS) is 15.1. The molecule has 2 aromatic carbocycles. The molecule has 0 spiro atoms. The molecule has 2 amide bonds. The molecular weight excluding hydrogens is 391 g/mol. The maximum absolute atomic E-state index is 14.2. The maximum Gasteiger partial charge on any atom is 0.242 e. The molecule has 1 aliphatic rings. The van der Waals surface area contributed by atoms with E-state index in [0.29, 0.717) is 16.1 Å². The minimum absolute atomic E-state index is 0.0230. The van der Waals surface area contributed by atoms with Gasteiger partial charge in [-0.05, 0) is 37.5 Å². The van der Waals surface area contributed by atoms with Crippen LogP contribution in [0.15, 0.2) is 48.5 Å². The first-order valence-electron chi connectivity index (χ1n) is 10.0. The van der Waals surface area contributed by atoms with Crippen LogP contribution >= 0.6 is 11.6 Å². The summed E-state index contributed by atoms with van der Waals surface area (Å²) in [5.74, 6) is -0.873. The topological polar surface area (TPSA) is 49.4 Å². The van der Waals surface area contributed by atoms with Gasteiger partial charge in [-0.1, -0.05) is 60.8 Å². The summed E-state index contributed by atoms with van der Waals surface area (Å²) in [6.45, 7) is 1.71. The second kappa shape index (κ2) is 9.88. The smallest absolute Gasteiger partial charge is 0.242 e. The predicted molar refractivity (Wildman–Crippen MR) is 112 cm³/mol. The van der Waals surface area contributed by atoms with E-state index in [4.69, 9.17) is 11.6 Å². The zero-order chi connectivity index (χ0) is 20.8. The van der Waals surface area contributed by atoms with Crippen molar-refractivity contribution in [2.75, 3.05) is 0 Å². The van der Waals surface area contributed by atoms with E-state index in [1.807, 2.05) is 6.07 Å². The molecule has 2 aromatic rings. The Bertz CT molecular complexity index is 867. The molecule has 0 aromatic heterocycles. The molecule has 1 N–H and O–H groups in total. The van der Waals surface area contributed by atoms with Crippen molar-refractivity contribution in [3.8, 4) is 0 Å². The number of nitrogens with zero attached hydrogens (tertiary/aromatic N) is 1. The highest BCUT2D eigenvalue weighted by molar-refractivity contribution is 6.31. The van der Waals surface area contributed by atoms with Crippen LogP contribution in [-0.4, -0.2) is 28.8 Å². The van der Waals surface area contributed by atoms with Crippen molar-refractivity contribution in [3.05, 3.63) is 70.5 Å². The highest BCUT2D eigenvalue weighted by atomic mass is 35.5. The molecule has 0 saturated heterocycles. The lowest BCUT2D eigenvalue weighted by Crippen LogP contribution is -2.50. The Morgan fingerprint density at radius 2 is 1.72 bits per heavy atom. The molecule has 0 aliphatic heterocycles. The Morgan fingerprint density at radius 1 is 1.10 bits per heavy atom. The summed E-state index contributed by atoms with van der Waals surface area (Å²) >= 11 is 6.20. The van der Waals surface area contributed by atoms with Crippen LogP contribution < -0.4 is 5.32 Å². The van der Waals surface area contributed by atoms with Gasteiger partial charge in [0, 0.05) is 23.2 Å². The summed E-state index contributed by atoms with van der Waals surface area (Å²) in [4.78, 5) is 27.4. The van der Waals surface area contributed by atoms with Crippen molar-refractivity contribution in [1.82, 2.24) is 10.2 Å². The van der Waals surface area contributed by atoms with Gasteiger partial charge in [-0.25, -0.2) is 4.39 Å². The average Bonchev–Trinajstić information content (AvgIpc) is 3.21. The van der Waals surface area contributed by atoms with Crippen molar-refractivity contribution in [2.45, 2.75) is 57.7 Å². The number of hydrogen-bond acceptors (Lipinski definition) is 2. The fourth-order valence-electron chi connectivity index (χ4n) is 3.69. The van der Waals surface area contributed by atoms with Crippen molar-refractivity contribution in [2.24, 2.45) is 0 Å². The molecule has 6 heteroatoms. The largest absolute Gasteiger partial charge is 0.352 e. The Labute approximate surface area is 176 Å². The number of carbonyl (C=O) groups excluding carboxylic acids is 2. The molecule has 1 atom stereocenters. The minimum atomic E-state index is -0.717. The van der Waals surface area contributed by atoms with Crippen LogP contribution in [0, 0.1) is 5.82 Å². The second-order valence-electron chi connectivity index (χ2n) is 7.55. The van der Waals surface area contributed by atoms with Crippen LogP contribution in [0.5, 0.6) is 0 Å². The first kappa shape index (κ1) is 21.3. The highest BCUT2D eigenvalue weighted by Crippen LogP contribution is 2.21. The van der Waals surface area contributed by atoms with Crippen molar-refractivity contribution in [1.29, 1.82) is 0 Å². The fraction of sp³-hybridized carbons (Fsp3) is 0.391. The maximum atomic E-state index is 14.2. The quantitative estimate of drug-likeness (QED) is 0.722. The van der Waals surface area contributed by atoms with Gasteiger partial charge in [0.1, 0.15) is 11.9 Å². The summed E-state index contributed by atoms with van der Waals surface area (Å²) in [7, 11) is 0. The molecule has 3 rings (SSSR count). The first-order chi connectivity index (χ1) is 14.0. The van der Waals surface area contributed by atoms with Crippen LogP contribution in [0.1, 0.15) is 43.7 Å². The molecule has 1 saturated carbocycles. The van der Waals surface area contributed by atoms with Gasteiger partial charge in [0.15, 0.2) is 0 Å². The summed E-state index contributed by atoms with van der Waals surface area (Å²) in [6.07, 6.45) is 4.17. The summed E-state index contributed by atoms with van der Waals surface area (Å²) in [5.41, 5.74) is 1.06. The van der Waals surface area contributed by atoms with Gasteiger partial charge in [-0.15, -0.1) is 0 Å². The third-order valence-corrected chi connectivity index (χ3v) is 5.84. The number of amides is 2. The van der Waals surface area contributed by atoms with Crippen molar-refractivity contribution < 1.29 is 14.0 Å². The van der Waals surface area contributed by atoms with E-state index in [9.17, 15) is 14.0 Å². The van der Waals surface area contributed by atoms with Crippen LogP contribution in [0.2, 0.25) is 5.02 Å². The SMILES string of the molecule is C[C@@H](C(=O)NC1CCCC1)N(Cc1ccccc1F)C(=O)Cc1ccccc1Cl. The van der Waals surface area contributed by atoms with Gasteiger partial charge in [-0.3, -0.25) is 9.59 Å². The lowest BCUT2D eigenvalue weighted by atomic mass is 10.1. The standard InChI is InChI=1S/C23H26ClFN2O2/c1-16(23(29)26-19-10-4-5-11-19)27(15-18-9-3-7-13-21(18)25)22(28)14-17-8-2-6-12-20(17)24/h2-3,6-9,12-13,16,19H,4-5,10-11,14-15H2,1H3,(H,26,29)/t16-/m0/s1. The lowest BCUT2D eigenvalue weighted by molar-refractivity contribution is -0.140. The first-order valence-corrected chi connectivity index (χ1v) is 10.4.